The second-order valence-corrected chi connectivity index (χ2v) is 5.78. The van der Waals surface area contributed by atoms with Crippen LogP contribution in [0.4, 0.5) is 0 Å². The van der Waals surface area contributed by atoms with Crippen molar-refractivity contribution >= 4 is 51.7 Å². The Bertz CT molecular complexity index is 407. The average molecular weight is 372 g/mol. The van der Waals surface area contributed by atoms with Crippen molar-refractivity contribution in [3.63, 3.8) is 0 Å². The summed E-state index contributed by atoms with van der Waals surface area (Å²) in [6, 6.07) is 3.26. The fourth-order valence-electron chi connectivity index (χ4n) is 1.11. The van der Waals surface area contributed by atoms with Gasteiger partial charge in [0.2, 0.25) is 0 Å². The molecule has 2 nitrogen and oxygen atoms in total. The number of halogens is 3. The van der Waals surface area contributed by atoms with Crippen LogP contribution in [0, 0.1) is 9.49 Å². The minimum absolute atomic E-state index is 0.137. The molecule has 0 saturated carbocycles. The first kappa shape index (κ1) is 14.1. The van der Waals surface area contributed by atoms with E-state index < -0.39 is 0 Å². The van der Waals surface area contributed by atoms with Crippen LogP contribution in [0.3, 0.4) is 0 Å². The molecule has 0 aliphatic heterocycles. The van der Waals surface area contributed by atoms with Crippen molar-refractivity contribution < 1.29 is 4.79 Å². The van der Waals surface area contributed by atoms with Gasteiger partial charge in [0.25, 0.3) is 5.91 Å². The molecule has 0 aliphatic rings. The summed E-state index contributed by atoms with van der Waals surface area (Å²) in [6.45, 7) is 4.71. The Morgan fingerprint density at radius 2 is 2.06 bits per heavy atom. The number of hydrogen-bond acceptors (Lipinski definition) is 1. The zero-order chi connectivity index (χ0) is 12.3. The average Bonchev–Trinajstić information content (AvgIpc) is 2.19. The first-order valence-corrected chi connectivity index (χ1v) is 6.68. The predicted molar refractivity (Wildman–Crippen MR) is 76.4 cm³/mol. The van der Waals surface area contributed by atoms with E-state index in [0.29, 0.717) is 28.1 Å². The summed E-state index contributed by atoms with van der Waals surface area (Å²) >= 11 is 13.9. The van der Waals surface area contributed by atoms with Crippen molar-refractivity contribution in [2.24, 2.45) is 5.92 Å². The van der Waals surface area contributed by atoms with Crippen molar-refractivity contribution in [1.29, 1.82) is 0 Å². The summed E-state index contributed by atoms with van der Waals surface area (Å²) in [5, 5.41) is 3.81. The van der Waals surface area contributed by atoms with Gasteiger partial charge in [0.15, 0.2) is 0 Å². The van der Waals surface area contributed by atoms with Crippen molar-refractivity contribution in [2.45, 2.75) is 13.8 Å². The van der Waals surface area contributed by atoms with Gasteiger partial charge in [-0.05, 0) is 40.6 Å². The summed E-state index contributed by atoms with van der Waals surface area (Å²) in [5.41, 5.74) is 0.527. The molecule has 0 bridgehead atoms. The zero-order valence-corrected chi connectivity index (χ0v) is 12.7. The summed E-state index contributed by atoms with van der Waals surface area (Å²) in [5.74, 6) is 0.277. The minimum atomic E-state index is -0.137. The molecule has 0 aromatic heterocycles. The van der Waals surface area contributed by atoms with E-state index in [-0.39, 0.29) is 5.91 Å². The van der Waals surface area contributed by atoms with E-state index in [0.717, 1.165) is 3.57 Å². The summed E-state index contributed by atoms with van der Waals surface area (Å²) in [4.78, 5) is 11.8. The minimum Gasteiger partial charge on any atom is -0.352 e. The van der Waals surface area contributed by atoms with Gasteiger partial charge < -0.3 is 5.32 Å². The highest BCUT2D eigenvalue weighted by Crippen LogP contribution is 2.26. The SMILES string of the molecule is CC(C)CNC(=O)c1cc(Cl)cc(Cl)c1I. The lowest BCUT2D eigenvalue weighted by Crippen LogP contribution is -2.28. The molecule has 0 fully saturated rings. The van der Waals surface area contributed by atoms with Gasteiger partial charge in [-0.1, -0.05) is 37.0 Å². The zero-order valence-electron chi connectivity index (χ0n) is 8.98. The van der Waals surface area contributed by atoms with Gasteiger partial charge in [-0.15, -0.1) is 0 Å². The molecule has 0 unspecified atom stereocenters. The Hall–Kier alpha value is -0.000000000000000111. The maximum atomic E-state index is 11.8. The van der Waals surface area contributed by atoms with Crippen LogP contribution in [0.2, 0.25) is 10.0 Å². The normalized spacial score (nSPS) is 10.6. The molecule has 5 heteroatoms. The second-order valence-electron chi connectivity index (χ2n) is 3.85. The van der Waals surface area contributed by atoms with Gasteiger partial charge in [-0.2, -0.15) is 0 Å². The van der Waals surface area contributed by atoms with E-state index in [1.165, 1.54) is 0 Å². The molecule has 1 aromatic carbocycles. The highest BCUT2D eigenvalue weighted by molar-refractivity contribution is 14.1. The van der Waals surface area contributed by atoms with Crippen LogP contribution in [0.25, 0.3) is 0 Å². The lowest BCUT2D eigenvalue weighted by atomic mass is 10.2. The molecular formula is C11H12Cl2INO. The number of carbonyl (C=O) groups excluding carboxylic acids is 1. The van der Waals surface area contributed by atoms with Crippen molar-refractivity contribution in [3.05, 3.63) is 31.3 Å². The summed E-state index contributed by atoms with van der Waals surface area (Å²) < 4.78 is 0.727. The van der Waals surface area contributed by atoms with E-state index in [4.69, 9.17) is 23.2 Å². The summed E-state index contributed by atoms with van der Waals surface area (Å²) in [7, 11) is 0. The second kappa shape index (κ2) is 6.07. The van der Waals surface area contributed by atoms with Crippen LogP contribution >= 0.6 is 45.8 Å². The molecule has 0 spiro atoms. The number of nitrogens with one attached hydrogen (secondary N) is 1. The Kier molecular flexibility index (Phi) is 5.34. The smallest absolute Gasteiger partial charge is 0.252 e. The molecule has 1 amide bonds. The molecular weight excluding hydrogens is 360 g/mol. The quantitative estimate of drug-likeness (QED) is 0.631. The van der Waals surface area contributed by atoms with E-state index in [2.05, 4.69) is 5.32 Å². The van der Waals surface area contributed by atoms with Crippen LogP contribution < -0.4 is 5.32 Å². The third kappa shape index (κ3) is 3.79. The molecule has 1 N–H and O–H groups in total. The molecule has 1 rings (SSSR count). The fraction of sp³-hybridized carbons (Fsp3) is 0.364. The lowest BCUT2D eigenvalue weighted by molar-refractivity contribution is 0.0948. The first-order chi connectivity index (χ1) is 7.41. The van der Waals surface area contributed by atoms with Crippen LogP contribution in [0.5, 0.6) is 0 Å². The third-order valence-corrected chi connectivity index (χ3v) is 3.91. The number of benzene rings is 1. The maximum Gasteiger partial charge on any atom is 0.252 e. The van der Waals surface area contributed by atoms with Crippen LogP contribution in [-0.4, -0.2) is 12.5 Å². The Morgan fingerprint density at radius 1 is 1.44 bits per heavy atom. The van der Waals surface area contributed by atoms with E-state index in [1.54, 1.807) is 12.1 Å². The Balaban J connectivity index is 2.91. The molecule has 1 aromatic rings. The van der Waals surface area contributed by atoms with Gasteiger partial charge >= 0.3 is 0 Å². The van der Waals surface area contributed by atoms with E-state index >= 15 is 0 Å². The standard InChI is InChI=1S/C11H12Cl2INO/c1-6(2)5-15-11(16)8-3-7(12)4-9(13)10(8)14/h3-4,6H,5H2,1-2H3,(H,15,16). The van der Waals surface area contributed by atoms with Gasteiger partial charge in [0, 0.05) is 15.1 Å². The Morgan fingerprint density at radius 3 is 2.62 bits per heavy atom. The number of rotatable bonds is 3. The number of hydrogen-bond donors (Lipinski definition) is 1. The first-order valence-electron chi connectivity index (χ1n) is 4.84. The van der Waals surface area contributed by atoms with E-state index in [1.807, 2.05) is 36.4 Å². The number of amides is 1. The fourth-order valence-corrected chi connectivity index (χ4v) is 2.16. The molecule has 16 heavy (non-hydrogen) atoms. The van der Waals surface area contributed by atoms with Crippen molar-refractivity contribution in [3.8, 4) is 0 Å². The highest BCUT2D eigenvalue weighted by atomic mass is 127. The van der Waals surface area contributed by atoms with Gasteiger partial charge in [-0.3, -0.25) is 4.79 Å². The monoisotopic (exact) mass is 371 g/mol. The van der Waals surface area contributed by atoms with Gasteiger partial charge in [0.05, 0.1) is 10.6 Å². The Labute approximate surface area is 119 Å². The van der Waals surface area contributed by atoms with E-state index in [9.17, 15) is 4.79 Å². The number of carbonyl (C=O) groups is 1. The van der Waals surface area contributed by atoms with Gasteiger partial charge in [-0.25, -0.2) is 0 Å². The molecule has 0 aliphatic carbocycles. The molecule has 0 saturated heterocycles. The lowest BCUT2D eigenvalue weighted by Gasteiger charge is -2.10. The topological polar surface area (TPSA) is 29.1 Å². The van der Waals surface area contributed by atoms with Gasteiger partial charge in [0.1, 0.15) is 0 Å². The van der Waals surface area contributed by atoms with Crippen LogP contribution in [0.1, 0.15) is 24.2 Å². The maximum absolute atomic E-state index is 11.8. The van der Waals surface area contributed by atoms with Crippen molar-refractivity contribution in [1.82, 2.24) is 5.32 Å². The van der Waals surface area contributed by atoms with Crippen LogP contribution in [-0.2, 0) is 0 Å². The largest absolute Gasteiger partial charge is 0.352 e. The molecule has 88 valence electrons. The molecule has 0 heterocycles. The molecule has 0 atom stereocenters. The third-order valence-electron chi connectivity index (χ3n) is 1.91. The molecule has 0 radical (unpaired) electrons. The van der Waals surface area contributed by atoms with Crippen LogP contribution in [0.15, 0.2) is 12.1 Å². The predicted octanol–water partition coefficient (Wildman–Crippen LogP) is 3.98. The summed E-state index contributed by atoms with van der Waals surface area (Å²) in [6.07, 6.45) is 0. The van der Waals surface area contributed by atoms with Crippen molar-refractivity contribution in [2.75, 3.05) is 6.54 Å². The highest BCUT2D eigenvalue weighted by Gasteiger charge is 2.13.